The van der Waals surface area contributed by atoms with Gasteiger partial charge in [-0.3, -0.25) is 5.10 Å². The topological polar surface area (TPSA) is 84.4 Å². The Morgan fingerprint density at radius 3 is 2.73 bits per heavy atom. The molecule has 7 heteroatoms. The number of methoxy groups -OCH3 is 1. The lowest BCUT2D eigenvalue weighted by Crippen LogP contribution is -2.25. The summed E-state index contributed by atoms with van der Waals surface area (Å²) in [5.41, 5.74) is 1.23. The first-order chi connectivity index (χ1) is 10.6. The molecule has 0 radical (unpaired) electrons. The van der Waals surface area contributed by atoms with Crippen LogP contribution in [-0.4, -0.2) is 34.5 Å². The Hall–Kier alpha value is -2.02. The van der Waals surface area contributed by atoms with Crippen LogP contribution in [0.1, 0.15) is 29.8 Å². The van der Waals surface area contributed by atoms with E-state index in [-0.39, 0.29) is 11.8 Å². The lowest BCUT2D eigenvalue weighted by Gasteiger charge is -2.28. The van der Waals surface area contributed by atoms with Crippen molar-refractivity contribution < 1.29 is 19.4 Å². The van der Waals surface area contributed by atoms with E-state index in [1.165, 1.54) is 6.07 Å². The van der Waals surface area contributed by atoms with Crippen molar-refractivity contribution in [2.75, 3.05) is 7.11 Å². The number of H-pyrrole nitrogens is 1. The van der Waals surface area contributed by atoms with E-state index >= 15 is 0 Å². The summed E-state index contributed by atoms with van der Waals surface area (Å²) in [5, 5.41) is 15.6. The third-order valence-electron chi connectivity index (χ3n) is 3.66. The minimum atomic E-state index is -1.05. The van der Waals surface area contributed by atoms with Crippen molar-refractivity contribution in [3.63, 3.8) is 0 Å². The fraction of sp³-hybridized carbons (Fsp3) is 0.333. The van der Waals surface area contributed by atoms with Crippen molar-refractivity contribution in [3.8, 4) is 22.8 Å². The van der Waals surface area contributed by atoms with Gasteiger partial charge in [-0.15, -0.1) is 0 Å². The molecular formula is C15H15BrN2O4. The molecule has 1 saturated carbocycles. The number of rotatable bonds is 5. The van der Waals surface area contributed by atoms with Crippen LogP contribution in [0.25, 0.3) is 11.3 Å². The highest BCUT2D eigenvalue weighted by Crippen LogP contribution is 2.42. The predicted molar refractivity (Wildman–Crippen MR) is 83.5 cm³/mol. The molecule has 3 rings (SSSR count). The van der Waals surface area contributed by atoms with Crippen LogP contribution in [0.2, 0.25) is 0 Å². The Kier molecular flexibility index (Phi) is 4.06. The highest BCUT2D eigenvalue weighted by Gasteiger charge is 2.24. The molecule has 22 heavy (non-hydrogen) atoms. The number of aromatic amines is 1. The zero-order chi connectivity index (χ0) is 15.7. The van der Waals surface area contributed by atoms with Crippen LogP contribution >= 0.6 is 15.9 Å². The first-order valence-electron chi connectivity index (χ1n) is 6.91. The minimum absolute atomic E-state index is 0.0311. The van der Waals surface area contributed by atoms with Gasteiger partial charge < -0.3 is 14.6 Å². The van der Waals surface area contributed by atoms with Gasteiger partial charge in [0.2, 0.25) is 0 Å². The Morgan fingerprint density at radius 1 is 1.41 bits per heavy atom. The van der Waals surface area contributed by atoms with Crippen molar-refractivity contribution in [2.45, 2.75) is 25.4 Å². The number of carbonyl (C=O) groups is 1. The average molecular weight is 367 g/mol. The fourth-order valence-electron chi connectivity index (χ4n) is 2.26. The molecule has 0 saturated heterocycles. The average Bonchev–Trinajstić information content (AvgIpc) is 2.92. The number of aromatic carboxylic acids is 1. The van der Waals surface area contributed by atoms with E-state index in [1.54, 1.807) is 7.11 Å². The number of aromatic nitrogens is 2. The van der Waals surface area contributed by atoms with Gasteiger partial charge in [0.25, 0.3) is 0 Å². The number of benzene rings is 1. The molecule has 0 bridgehead atoms. The van der Waals surface area contributed by atoms with Gasteiger partial charge >= 0.3 is 5.97 Å². The van der Waals surface area contributed by atoms with Crippen molar-refractivity contribution in [2.24, 2.45) is 0 Å². The third kappa shape index (κ3) is 2.81. The van der Waals surface area contributed by atoms with Crippen molar-refractivity contribution >= 4 is 21.9 Å². The van der Waals surface area contributed by atoms with Crippen molar-refractivity contribution in [1.82, 2.24) is 10.2 Å². The third-order valence-corrected chi connectivity index (χ3v) is 4.12. The molecular weight excluding hydrogens is 352 g/mol. The SMILES string of the molecule is COc1cc(Br)cc(-c2cc(C(=O)O)[nH]n2)c1OC1CCC1. The Balaban J connectivity index is 2.06. The van der Waals surface area contributed by atoms with Crippen LogP contribution in [0.3, 0.4) is 0 Å². The fourth-order valence-corrected chi connectivity index (χ4v) is 2.69. The highest BCUT2D eigenvalue weighted by atomic mass is 79.9. The molecule has 0 unspecified atom stereocenters. The Bertz CT molecular complexity index is 710. The number of nitrogens with one attached hydrogen (secondary N) is 1. The van der Waals surface area contributed by atoms with Gasteiger partial charge in [-0.05, 0) is 37.5 Å². The van der Waals surface area contributed by atoms with Gasteiger partial charge in [0.15, 0.2) is 11.5 Å². The molecule has 0 spiro atoms. The molecule has 0 aliphatic heterocycles. The van der Waals surface area contributed by atoms with E-state index in [0.717, 1.165) is 23.7 Å². The van der Waals surface area contributed by atoms with E-state index in [9.17, 15) is 4.79 Å². The van der Waals surface area contributed by atoms with E-state index in [4.69, 9.17) is 14.6 Å². The number of halogens is 1. The summed E-state index contributed by atoms with van der Waals surface area (Å²) in [6, 6.07) is 5.15. The predicted octanol–water partition coefficient (Wildman–Crippen LogP) is 3.48. The summed E-state index contributed by atoms with van der Waals surface area (Å²) in [4.78, 5) is 11.0. The molecule has 2 aromatic rings. The number of nitrogens with zero attached hydrogens (tertiary/aromatic N) is 1. The smallest absolute Gasteiger partial charge is 0.353 e. The first-order valence-corrected chi connectivity index (χ1v) is 7.71. The van der Waals surface area contributed by atoms with Crippen LogP contribution in [0.5, 0.6) is 11.5 Å². The zero-order valence-corrected chi connectivity index (χ0v) is 13.5. The molecule has 1 aromatic carbocycles. The summed E-state index contributed by atoms with van der Waals surface area (Å²) in [6.45, 7) is 0. The monoisotopic (exact) mass is 366 g/mol. The number of hydrogen-bond acceptors (Lipinski definition) is 4. The molecule has 1 aromatic heterocycles. The molecule has 1 heterocycles. The van der Waals surface area contributed by atoms with E-state index in [2.05, 4.69) is 26.1 Å². The first kappa shape index (κ1) is 14.9. The molecule has 116 valence electrons. The zero-order valence-electron chi connectivity index (χ0n) is 11.9. The number of hydrogen-bond donors (Lipinski definition) is 2. The second-order valence-electron chi connectivity index (χ2n) is 5.13. The summed E-state index contributed by atoms with van der Waals surface area (Å²) in [5.74, 6) is 0.136. The lowest BCUT2D eigenvalue weighted by molar-refractivity contribution is 0.0690. The maximum atomic E-state index is 11.0. The summed E-state index contributed by atoms with van der Waals surface area (Å²) in [6.07, 6.45) is 3.36. The summed E-state index contributed by atoms with van der Waals surface area (Å²) < 4.78 is 12.2. The molecule has 0 atom stereocenters. The maximum Gasteiger partial charge on any atom is 0.353 e. The molecule has 1 aliphatic rings. The normalized spacial score (nSPS) is 14.5. The van der Waals surface area contributed by atoms with Gasteiger partial charge in [-0.25, -0.2) is 4.79 Å². The number of carboxylic acid groups (broad SMARTS) is 1. The summed E-state index contributed by atoms with van der Waals surface area (Å²) >= 11 is 3.43. The maximum absolute atomic E-state index is 11.0. The molecule has 1 fully saturated rings. The van der Waals surface area contributed by atoms with Crippen LogP contribution < -0.4 is 9.47 Å². The molecule has 0 amide bonds. The largest absolute Gasteiger partial charge is 0.493 e. The van der Waals surface area contributed by atoms with Crippen molar-refractivity contribution in [1.29, 1.82) is 0 Å². The highest BCUT2D eigenvalue weighted by molar-refractivity contribution is 9.10. The Morgan fingerprint density at radius 2 is 2.18 bits per heavy atom. The van der Waals surface area contributed by atoms with Crippen LogP contribution in [0, 0.1) is 0 Å². The van der Waals surface area contributed by atoms with Gasteiger partial charge in [-0.1, -0.05) is 15.9 Å². The van der Waals surface area contributed by atoms with Gasteiger partial charge in [0.1, 0.15) is 5.69 Å². The van der Waals surface area contributed by atoms with Gasteiger partial charge in [-0.2, -0.15) is 5.10 Å². The van der Waals surface area contributed by atoms with Crippen LogP contribution in [0.4, 0.5) is 0 Å². The molecule has 1 aliphatic carbocycles. The minimum Gasteiger partial charge on any atom is -0.493 e. The molecule has 2 N–H and O–H groups in total. The standard InChI is InChI=1S/C15H15BrN2O4/c1-21-13-6-8(16)5-10(14(13)22-9-3-2-4-9)11-7-12(15(19)20)18-17-11/h5-7,9H,2-4H2,1H3,(H,17,18)(H,19,20). The lowest BCUT2D eigenvalue weighted by atomic mass is 9.96. The van der Waals surface area contributed by atoms with E-state index in [0.29, 0.717) is 22.8 Å². The second-order valence-corrected chi connectivity index (χ2v) is 6.04. The van der Waals surface area contributed by atoms with Gasteiger partial charge in [0, 0.05) is 10.0 Å². The van der Waals surface area contributed by atoms with Crippen LogP contribution in [-0.2, 0) is 0 Å². The molecule has 6 nitrogen and oxygen atoms in total. The number of ether oxygens (including phenoxy) is 2. The van der Waals surface area contributed by atoms with Gasteiger partial charge in [0.05, 0.1) is 18.9 Å². The Labute approximate surface area is 135 Å². The van der Waals surface area contributed by atoms with Crippen molar-refractivity contribution in [3.05, 3.63) is 28.4 Å². The summed E-state index contributed by atoms with van der Waals surface area (Å²) in [7, 11) is 1.58. The van der Waals surface area contributed by atoms with E-state index in [1.807, 2.05) is 12.1 Å². The van der Waals surface area contributed by atoms with Crippen LogP contribution in [0.15, 0.2) is 22.7 Å². The van der Waals surface area contributed by atoms with E-state index < -0.39 is 5.97 Å². The quantitative estimate of drug-likeness (QED) is 0.845. The second kappa shape index (κ2) is 6.00. The number of carboxylic acids is 1.